The highest BCUT2D eigenvalue weighted by Crippen LogP contribution is 2.35. The van der Waals surface area contributed by atoms with E-state index >= 15 is 0 Å². The first-order valence-corrected chi connectivity index (χ1v) is 15.1. The lowest BCUT2D eigenvalue weighted by Crippen LogP contribution is -2.46. The standard InChI is InChI=1S/C28H24Cl4N4O3S2/c1-3-35(4-2)20-9-6-16(24(14-20)39-15-17-5-7-18(29)12-22(17)31)11-25-26(37)36(28(40)41-25)34-27(38)33-19-8-10-21(30)23(32)13-19/h5-14H,3-4,15H2,1-2H3,(H2,33,34,38)/b25-11+. The molecule has 0 aromatic heterocycles. The van der Waals surface area contributed by atoms with E-state index in [0.717, 1.165) is 41.1 Å². The summed E-state index contributed by atoms with van der Waals surface area (Å²) in [6.07, 6.45) is 1.68. The second-order valence-electron chi connectivity index (χ2n) is 8.63. The highest BCUT2D eigenvalue weighted by molar-refractivity contribution is 8.26. The fraction of sp³-hybridized carbons (Fsp3) is 0.179. The zero-order valence-corrected chi connectivity index (χ0v) is 26.5. The van der Waals surface area contributed by atoms with Gasteiger partial charge in [0, 0.05) is 51.7 Å². The number of thioether (sulfide) groups is 1. The van der Waals surface area contributed by atoms with Gasteiger partial charge in [-0.2, -0.15) is 5.01 Å². The van der Waals surface area contributed by atoms with Crippen LogP contribution in [0, 0.1) is 0 Å². The van der Waals surface area contributed by atoms with Crippen molar-refractivity contribution in [2.24, 2.45) is 0 Å². The van der Waals surface area contributed by atoms with E-state index in [2.05, 4.69) is 29.5 Å². The minimum Gasteiger partial charge on any atom is -0.488 e. The van der Waals surface area contributed by atoms with Gasteiger partial charge in [-0.25, -0.2) is 10.2 Å². The van der Waals surface area contributed by atoms with Crippen molar-refractivity contribution in [3.05, 3.63) is 90.7 Å². The number of carbonyl (C=O) groups excluding carboxylic acids is 2. The number of hydrogen-bond acceptors (Lipinski definition) is 6. The molecular weight excluding hydrogens is 646 g/mol. The van der Waals surface area contributed by atoms with Gasteiger partial charge in [0.2, 0.25) is 0 Å². The Morgan fingerprint density at radius 3 is 2.44 bits per heavy atom. The molecule has 1 heterocycles. The van der Waals surface area contributed by atoms with E-state index in [0.29, 0.717) is 37.0 Å². The maximum absolute atomic E-state index is 13.2. The Bertz CT molecular complexity index is 1530. The lowest BCUT2D eigenvalue weighted by atomic mass is 10.1. The van der Waals surface area contributed by atoms with E-state index < -0.39 is 11.9 Å². The summed E-state index contributed by atoms with van der Waals surface area (Å²) in [6, 6.07) is 14.9. The van der Waals surface area contributed by atoms with Crippen LogP contribution in [0.15, 0.2) is 59.5 Å². The Kier molecular flexibility index (Phi) is 10.7. The molecule has 0 bridgehead atoms. The number of ether oxygens (including phenoxy) is 1. The van der Waals surface area contributed by atoms with Gasteiger partial charge in [-0.3, -0.25) is 4.79 Å². The molecular formula is C28H24Cl4N4O3S2. The first kappa shape index (κ1) is 31.3. The molecule has 1 fully saturated rings. The molecule has 3 amide bonds. The smallest absolute Gasteiger partial charge is 0.338 e. The number of carbonyl (C=O) groups is 2. The van der Waals surface area contributed by atoms with Crippen molar-refractivity contribution < 1.29 is 14.3 Å². The summed E-state index contributed by atoms with van der Waals surface area (Å²) in [7, 11) is 0. The fourth-order valence-electron chi connectivity index (χ4n) is 3.89. The number of thiocarbonyl (C=S) groups is 1. The van der Waals surface area contributed by atoms with Crippen molar-refractivity contribution in [3.8, 4) is 5.75 Å². The van der Waals surface area contributed by atoms with Gasteiger partial charge in [-0.1, -0.05) is 64.2 Å². The molecule has 3 aromatic rings. The molecule has 1 saturated heterocycles. The van der Waals surface area contributed by atoms with Crippen molar-refractivity contribution in [1.82, 2.24) is 10.4 Å². The minimum atomic E-state index is -0.673. The van der Waals surface area contributed by atoms with Crippen LogP contribution in [0.1, 0.15) is 25.0 Å². The van der Waals surface area contributed by atoms with E-state index in [9.17, 15) is 9.59 Å². The average molecular weight is 670 g/mol. The largest absolute Gasteiger partial charge is 0.488 e. The van der Waals surface area contributed by atoms with Crippen LogP contribution in [-0.4, -0.2) is 34.4 Å². The molecule has 0 atom stereocenters. The number of urea groups is 1. The molecule has 0 saturated carbocycles. The number of nitrogens with one attached hydrogen (secondary N) is 2. The number of hydrazine groups is 1. The number of hydrogen-bond donors (Lipinski definition) is 2. The summed E-state index contributed by atoms with van der Waals surface area (Å²) >= 11 is 30.8. The summed E-state index contributed by atoms with van der Waals surface area (Å²) in [5.74, 6) is 0.0693. The Labute approximate surface area is 267 Å². The number of amides is 3. The van der Waals surface area contributed by atoms with Crippen molar-refractivity contribution in [2.45, 2.75) is 20.5 Å². The molecule has 7 nitrogen and oxygen atoms in total. The molecule has 0 radical (unpaired) electrons. The van der Waals surface area contributed by atoms with E-state index in [4.69, 9.17) is 63.4 Å². The highest BCUT2D eigenvalue weighted by atomic mass is 35.5. The summed E-state index contributed by atoms with van der Waals surface area (Å²) in [4.78, 5) is 28.3. The van der Waals surface area contributed by atoms with E-state index in [1.54, 1.807) is 36.4 Å². The van der Waals surface area contributed by atoms with Crippen LogP contribution in [0.3, 0.4) is 0 Å². The van der Waals surface area contributed by atoms with E-state index in [1.807, 2.05) is 18.2 Å². The molecule has 3 aromatic carbocycles. The van der Waals surface area contributed by atoms with Crippen LogP contribution in [-0.2, 0) is 11.4 Å². The third-order valence-corrected chi connectivity index (χ3v) is 8.62. The Morgan fingerprint density at radius 1 is 1.00 bits per heavy atom. The molecule has 0 aliphatic carbocycles. The van der Waals surface area contributed by atoms with Crippen LogP contribution in [0.25, 0.3) is 6.08 Å². The minimum absolute atomic E-state index is 0.167. The molecule has 2 N–H and O–H groups in total. The number of halogens is 4. The summed E-state index contributed by atoms with van der Waals surface area (Å²) < 4.78 is 6.37. The van der Waals surface area contributed by atoms with Gasteiger partial charge in [0.05, 0.1) is 15.0 Å². The molecule has 214 valence electrons. The molecule has 1 aliphatic rings. The van der Waals surface area contributed by atoms with Crippen molar-refractivity contribution in [2.75, 3.05) is 23.3 Å². The van der Waals surface area contributed by atoms with Crippen LogP contribution < -0.4 is 20.4 Å². The third kappa shape index (κ3) is 7.80. The number of anilines is 2. The van der Waals surface area contributed by atoms with Crippen molar-refractivity contribution in [3.63, 3.8) is 0 Å². The van der Waals surface area contributed by atoms with E-state index in [-0.39, 0.29) is 16.0 Å². The topological polar surface area (TPSA) is 73.9 Å². The van der Waals surface area contributed by atoms with Crippen LogP contribution >= 0.6 is 70.4 Å². The maximum atomic E-state index is 13.2. The quantitative estimate of drug-likeness (QED) is 0.175. The highest BCUT2D eigenvalue weighted by Gasteiger charge is 2.34. The zero-order valence-electron chi connectivity index (χ0n) is 21.8. The SMILES string of the molecule is CCN(CC)c1ccc(/C=C2/SC(=S)N(NC(=O)Nc3ccc(Cl)c(Cl)c3)C2=O)c(OCc2ccc(Cl)cc2Cl)c1. The van der Waals surface area contributed by atoms with Gasteiger partial charge in [-0.15, -0.1) is 0 Å². The normalized spacial score (nSPS) is 14.0. The second kappa shape index (κ2) is 14.0. The van der Waals surface area contributed by atoms with Gasteiger partial charge >= 0.3 is 6.03 Å². The van der Waals surface area contributed by atoms with Crippen LogP contribution in [0.4, 0.5) is 16.2 Å². The van der Waals surface area contributed by atoms with Crippen molar-refractivity contribution >= 4 is 104 Å². The number of benzene rings is 3. The maximum Gasteiger partial charge on any atom is 0.338 e. The zero-order chi connectivity index (χ0) is 29.7. The first-order valence-electron chi connectivity index (χ1n) is 12.4. The Morgan fingerprint density at radius 2 is 1.76 bits per heavy atom. The van der Waals surface area contributed by atoms with Crippen LogP contribution in [0.2, 0.25) is 20.1 Å². The van der Waals surface area contributed by atoms with Gasteiger partial charge in [0.25, 0.3) is 5.91 Å². The molecule has 13 heteroatoms. The molecule has 1 aliphatic heterocycles. The summed E-state index contributed by atoms with van der Waals surface area (Å²) in [5.41, 5.74) is 5.27. The Hall–Kier alpha value is -2.66. The first-order chi connectivity index (χ1) is 19.6. The third-order valence-electron chi connectivity index (χ3n) is 6.00. The molecule has 4 rings (SSSR count). The van der Waals surface area contributed by atoms with Crippen LogP contribution in [0.5, 0.6) is 5.75 Å². The molecule has 0 unspecified atom stereocenters. The predicted molar refractivity (Wildman–Crippen MR) is 174 cm³/mol. The summed E-state index contributed by atoms with van der Waals surface area (Å²) in [5, 5.41) is 5.26. The number of nitrogens with zero attached hydrogens (tertiary/aromatic N) is 2. The molecule has 0 spiro atoms. The van der Waals surface area contributed by atoms with Crippen molar-refractivity contribution in [1.29, 1.82) is 0 Å². The monoisotopic (exact) mass is 668 g/mol. The lowest BCUT2D eigenvalue weighted by molar-refractivity contribution is -0.123. The van der Waals surface area contributed by atoms with Gasteiger partial charge in [-0.05, 0) is 74.6 Å². The number of rotatable bonds is 9. The molecule has 41 heavy (non-hydrogen) atoms. The second-order valence-corrected chi connectivity index (χ2v) is 12.0. The fourth-order valence-corrected chi connectivity index (χ4v) is 5.82. The lowest BCUT2D eigenvalue weighted by Gasteiger charge is -2.22. The average Bonchev–Trinajstić information content (AvgIpc) is 3.19. The van der Waals surface area contributed by atoms with Gasteiger partial charge in [0.15, 0.2) is 4.32 Å². The van der Waals surface area contributed by atoms with E-state index in [1.165, 1.54) is 6.07 Å². The summed E-state index contributed by atoms with van der Waals surface area (Å²) in [6.45, 7) is 5.96. The Balaban J connectivity index is 1.55. The predicted octanol–water partition coefficient (Wildman–Crippen LogP) is 8.66. The van der Waals surface area contributed by atoms with Gasteiger partial charge < -0.3 is 15.0 Å². The van der Waals surface area contributed by atoms with Gasteiger partial charge in [0.1, 0.15) is 12.4 Å².